The van der Waals surface area contributed by atoms with Crippen LogP contribution in [0.25, 0.3) is 17.0 Å². The average Bonchev–Trinajstić information content (AvgIpc) is 3.36. The van der Waals surface area contributed by atoms with E-state index >= 15 is 0 Å². The Morgan fingerprint density at radius 2 is 2.00 bits per heavy atom. The van der Waals surface area contributed by atoms with Gasteiger partial charge in [-0.2, -0.15) is 19.7 Å². The van der Waals surface area contributed by atoms with Crippen LogP contribution in [0.2, 0.25) is 0 Å². The molecule has 0 aliphatic heterocycles. The second-order valence-corrected chi connectivity index (χ2v) is 6.13. The van der Waals surface area contributed by atoms with E-state index in [1.807, 2.05) is 54.9 Å². The molecule has 3 aromatic heterocycles. The summed E-state index contributed by atoms with van der Waals surface area (Å²) >= 11 is 0. The van der Waals surface area contributed by atoms with Gasteiger partial charge in [0, 0.05) is 18.3 Å². The molecule has 0 saturated heterocycles. The van der Waals surface area contributed by atoms with Crippen molar-refractivity contribution in [3.8, 4) is 11.3 Å². The lowest BCUT2D eigenvalue weighted by atomic mass is 10.1. The molecule has 136 valence electrons. The molecule has 3 heterocycles. The molecule has 1 N–H and O–H groups in total. The van der Waals surface area contributed by atoms with E-state index in [0.29, 0.717) is 17.2 Å². The minimum Gasteiger partial charge on any atom is -0.343 e. The van der Waals surface area contributed by atoms with E-state index in [4.69, 9.17) is 0 Å². The smallest absolute Gasteiger partial charge is 0.270 e. The molecule has 0 unspecified atom stereocenters. The van der Waals surface area contributed by atoms with Crippen molar-refractivity contribution in [2.75, 3.05) is 0 Å². The second kappa shape index (κ2) is 6.99. The third-order valence-corrected chi connectivity index (χ3v) is 4.39. The highest BCUT2D eigenvalue weighted by molar-refractivity contribution is 5.94. The summed E-state index contributed by atoms with van der Waals surface area (Å²) in [5.74, 6) is 0.134. The number of amides is 1. The van der Waals surface area contributed by atoms with Crippen molar-refractivity contribution < 1.29 is 4.79 Å². The van der Waals surface area contributed by atoms with Crippen LogP contribution >= 0.6 is 0 Å². The average molecular weight is 361 g/mol. The third-order valence-electron chi connectivity index (χ3n) is 4.39. The van der Waals surface area contributed by atoms with Gasteiger partial charge in [-0.15, -0.1) is 0 Å². The third kappa shape index (κ3) is 3.17. The topological polar surface area (TPSA) is 90.0 Å². The van der Waals surface area contributed by atoms with Crippen LogP contribution in [0.4, 0.5) is 0 Å². The maximum atomic E-state index is 13.0. The summed E-state index contributed by atoms with van der Waals surface area (Å²) in [5.41, 5.74) is 2.91. The van der Waals surface area contributed by atoms with Crippen LogP contribution < -0.4 is 5.32 Å². The number of fused-ring (bicyclic) bond motifs is 1. The van der Waals surface area contributed by atoms with Gasteiger partial charge in [0.05, 0.1) is 17.4 Å². The maximum Gasteiger partial charge on any atom is 0.270 e. The van der Waals surface area contributed by atoms with Gasteiger partial charge in [0.1, 0.15) is 12.0 Å². The molecule has 0 spiro atoms. The van der Waals surface area contributed by atoms with Crippen molar-refractivity contribution in [2.45, 2.75) is 26.4 Å². The number of carbonyl (C=O) groups excluding carboxylic acids is 1. The lowest BCUT2D eigenvalue weighted by Crippen LogP contribution is -2.30. The molecular formula is C19H19N7O. The molecule has 1 atom stereocenters. The Kier molecular flexibility index (Phi) is 4.37. The van der Waals surface area contributed by atoms with Crippen LogP contribution in [0, 0.1) is 0 Å². The molecule has 0 radical (unpaired) electrons. The van der Waals surface area contributed by atoms with Gasteiger partial charge in [0.25, 0.3) is 11.7 Å². The zero-order valence-corrected chi connectivity index (χ0v) is 15.1. The molecule has 8 heteroatoms. The van der Waals surface area contributed by atoms with Crippen molar-refractivity contribution in [1.29, 1.82) is 0 Å². The molecule has 27 heavy (non-hydrogen) atoms. The number of nitrogens with zero attached hydrogens (tertiary/aromatic N) is 6. The highest BCUT2D eigenvalue weighted by Crippen LogP contribution is 2.19. The van der Waals surface area contributed by atoms with Crippen molar-refractivity contribution >= 4 is 11.7 Å². The first-order chi connectivity index (χ1) is 13.2. The predicted molar refractivity (Wildman–Crippen MR) is 100 cm³/mol. The molecule has 0 aliphatic carbocycles. The van der Waals surface area contributed by atoms with Gasteiger partial charge >= 0.3 is 0 Å². The maximum absolute atomic E-state index is 13.0. The Morgan fingerprint density at radius 3 is 2.78 bits per heavy atom. The summed E-state index contributed by atoms with van der Waals surface area (Å²) < 4.78 is 3.31. The number of hydrogen-bond donors (Lipinski definition) is 1. The van der Waals surface area contributed by atoms with Crippen LogP contribution in [-0.2, 0) is 6.54 Å². The van der Waals surface area contributed by atoms with E-state index in [9.17, 15) is 4.79 Å². The minimum absolute atomic E-state index is 0.202. The Labute approximate surface area is 155 Å². The molecule has 4 aromatic rings. The van der Waals surface area contributed by atoms with E-state index in [0.717, 1.165) is 17.8 Å². The van der Waals surface area contributed by atoms with E-state index < -0.39 is 0 Å². The van der Waals surface area contributed by atoms with Crippen LogP contribution in [0.3, 0.4) is 0 Å². The highest BCUT2D eigenvalue weighted by Gasteiger charge is 2.19. The Balaban J connectivity index is 1.70. The normalized spacial score (nSPS) is 12.2. The first kappa shape index (κ1) is 16.9. The fraction of sp³-hybridized carbons (Fsp3) is 0.211. The number of aryl methyl sites for hydroxylation is 1. The SMILES string of the molecule is CCn1nccc1[C@H](C)NC(=O)c1cc(-c2ccccc2)nc2ncnn12. The lowest BCUT2D eigenvalue weighted by Gasteiger charge is -2.16. The summed E-state index contributed by atoms with van der Waals surface area (Å²) in [5, 5.41) is 11.4. The number of carbonyl (C=O) groups is 1. The van der Waals surface area contributed by atoms with Crippen LogP contribution in [0.5, 0.6) is 0 Å². The zero-order valence-electron chi connectivity index (χ0n) is 15.1. The number of benzene rings is 1. The Bertz CT molecular complexity index is 1080. The standard InChI is InChI=1S/C19H19N7O/c1-3-25-16(9-10-21-25)13(2)23-18(27)17-11-15(14-7-5-4-6-8-14)24-19-20-12-22-26(17)19/h4-13H,3H2,1-2H3,(H,23,27)/t13-/m0/s1. The van der Waals surface area contributed by atoms with Crippen molar-refractivity contribution in [3.05, 3.63) is 66.4 Å². The van der Waals surface area contributed by atoms with Crippen molar-refractivity contribution in [3.63, 3.8) is 0 Å². The number of rotatable bonds is 5. The molecule has 4 rings (SSSR count). The largest absolute Gasteiger partial charge is 0.343 e. The fourth-order valence-electron chi connectivity index (χ4n) is 3.05. The molecule has 1 amide bonds. The van der Waals surface area contributed by atoms with E-state index in [-0.39, 0.29) is 11.9 Å². The van der Waals surface area contributed by atoms with E-state index in [2.05, 4.69) is 25.5 Å². The predicted octanol–water partition coefficient (Wildman–Crippen LogP) is 2.50. The molecule has 1 aromatic carbocycles. The van der Waals surface area contributed by atoms with Crippen molar-refractivity contribution in [2.24, 2.45) is 0 Å². The summed E-state index contributed by atoms with van der Waals surface area (Å²) in [7, 11) is 0. The summed E-state index contributed by atoms with van der Waals surface area (Å²) in [6.45, 7) is 4.68. The Morgan fingerprint density at radius 1 is 1.19 bits per heavy atom. The van der Waals surface area contributed by atoms with Gasteiger partial charge in [-0.05, 0) is 26.0 Å². The number of hydrogen-bond acceptors (Lipinski definition) is 5. The molecule has 0 fully saturated rings. The van der Waals surface area contributed by atoms with Gasteiger partial charge in [-0.1, -0.05) is 30.3 Å². The molecular weight excluding hydrogens is 342 g/mol. The quantitative estimate of drug-likeness (QED) is 0.590. The van der Waals surface area contributed by atoms with Gasteiger partial charge < -0.3 is 5.32 Å². The number of nitrogens with one attached hydrogen (secondary N) is 1. The number of aromatic nitrogens is 6. The fourth-order valence-corrected chi connectivity index (χ4v) is 3.05. The molecule has 0 saturated carbocycles. The van der Waals surface area contributed by atoms with Gasteiger partial charge in [-0.25, -0.2) is 4.98 Å². The lowest BCUT2D eigenvalue weighted by molar-refractivity contribution is 0.0930. The van der Waals surface area contributed by atoms with Crippen LogP contribution in [0.1, 0.15) is 36.1 Å². The molecule has 0 bridgehead atoms. The summed E-state index contributed by atoms with van der Waals surface area (Å²) in [4.78, 5) is 21.6. The first-order valence-electron chi connectivity index (χ1n) is 8.76. The van der Waals surface area contributed by atoms with Gasteiger partial charge in [0.2, 0.25) is 0 Å². The summed E-state index contributed by atoms with van der Waals surface area (Å²) in [6.07, 6.45) is 3.13. The van der Waals surface area contributed by atoms with E-state index in [1.165, 1.54) is 10.8 Å². The summed E-state index contributed by atoms with van der Waals surface area (Å²) in [6, 6.07) is 13.1. The van der Waals surface area contributed by atoms with Gasteiger partial charge in [-0.3, -0.25) is 9.48 Å². The highest BCUT2D eigenvalue weighted by atomic mass is 16.2. The first-order valence-corrected chi connectivity index (χ1v) is 8.76. The van der Waals surface area contributed by atoms with Crippen LogP contribution in [-0.4, -0.2) is 35.3 Å². The van der Waals surface area contributed by atoms with Crippen molar-refractivity contribution in [1.82, 2.24) is 34.7 Å². The molecule has 8 nitrogen and oxygen atoms in total. The Hall–Kier alpha value is -3.55. The second-order valence-electron chi connectivity index (χ2n) is 6.13. The molecule has 0 aliphatic rings. The zero-order chi connectivity index (χ0) is 18.8. The minimum atomic E-state index is -0.249. The van der Waals surface area contributed by atoms with Crippen LogP contribution in [0.15, 0.2) is 55.0 Å². The van der Waals surface area contributed by atoms with E-state index in [1.54, 1.807) is 12.3 Å². The monoisotopic (exact) mass is 361 g/mol. The van der Waals surface area contributed by atoms with Gasteiger partial charge in [0.15, 0.2) is 0 Å².